The standard InChI is InChI=1S/C30H36N8O4.ClH/c1-20(39)29(40)38-12-9-23(10-13-38)42-26-6-4-21(18-22(26)19-31)24-8-11-32-30(33-24)35-27-7-5-25(28(34-27)41-3)37-16-14-36(2)15-17-37;/h4-8,11,18,20,23,39H,9-10,12-17H2,1-3H3,(H,32,33,34,35);1H. The van der Waals surface area contributed by atoms with Gasteiger partial charge in [-0.05, 0) is 50.4 Å². The quantitative estimate of drug-likeness (QED) is 0.390. The third kappa shape index (κ3) is 7.62. The van der Waals surface area contributed by atoms with Crippen LogP contribution in [0.5, 0.6) is 11.6 Å². The molecule has 12 nitrogen and oxygen atoms in total. The van der Waals surface area contributed by atoms with Crippen LogP contribution in [0.25, 0.3) is 11.3 Å². The lowest BCUT2D eigenvalue weighted by Crippen LogP contribution is -2.45. The van der Waals surface area contributed by atoms with E-state index >= 15 is 0 Å². The van der Waals surface area contributed by atoms with Gasteiger partial charge in [-0.15, -0.1) is 12.4 Å². The number of likely N-dealkylation sites (tertiary alicyclic amines) is 1. The van der Waals surface area contributed by atoms with Crippen LogP contribution in [0.15, 0.2) is 42.6 Å². The third-order valence-corrected chi connectivity index (χ3v) is 7.57. The fraction of sp³-hybridized carbons (Fsp3) is 0.433. The van der Waals surface area contributed by atoms with E-state index in [1.165, 1.54) is 6.92 Å². The summed E-state index contributed by atoms with van der Waals surface area (Å²) in [6, 6.07) is 13.3. The van der Waals surface area contributed by atoms with Gasteiger partial charge in [-0.1, -0.05) is 0 Å². The van der Waals surface area contributed by atoms with Crippen LogP contribution in [0.2, 0.25) is 0 Å². The van der Waals surface area contributed by atoms with Crippen molar-refractivity contribution in [1.29, 1.82) is 5.26 Å². The lowest BCUT2D eigenvalue weighted by atomic mass is 10.1. The molecule has 1 atom stereocenters. The van der Waals surface area contributed by atoms with Crippen molar-refractivity contribution in [3.8, 4) is 29.0 Å². The average Bonchev–Trinajstić information content (AvgIpc) is 3.01. The van der Waals surface area contributed by atoms with Crippen LogP contribution in [0, 0.1) is 11.3 Å². The Morgan fingerprint density at radius 2 is 1.84 bits per heavy atom. The number of halogens is 1. The molecule has 2 aliphatic heterocycles. The SMILES string of the molecule is COc1nc(Nc2nccc(-c3ccc(OC4CCN(C(=O)C(C)O)CC4)c(C#N)c3)n2)ccc1N1CCN(C)CC1.Cl. The van der Waals surface area contributed by atoms with Gasteiger partial charge in [-0.25, -0.2) is 9.97 Å². The van der Waals surface area contributed by atoms with E-state index in [-0.39, 0.29) is 24.4 Å². The van der Waals surface area contributed by atoms with E-state index in [1.54, 1.807) is 36.4 Å². The Morgan fingerprint density at radius 1 is 1.09 bits per heavy atom. The number of likely N-dealkylation sites (N-methyl/N-ethyl adjacent to an activating group) is 1. The second kappa shape index (κ2) is 14.3. The van der Waals surface area contributed by atoms with Crippen molar-refractivity contribution >= 4 is 35.8 Å². The molecule has 13 heteroatoms. The fourth-order valence-corrected chi connectivity index (χ4v) is 5.15. The zero-order valence-electron chi connectivity index (χ0n) is 24.6. The predicted molar refractivity (Wildman–Crippen MR) is 165 cm³/mol. The molecule has 0 spiro atoms. The number of piperazine rings is 1. The van der Waals surface area contributed by atoms with Crippen molar-refractivity contribution in [3.05, 3.63) is 48.2 Å². The number of carbonyl (C=O) groups excluding carboxylic acids is 1. The van der Waals surface area contributed by atoms with E-state index in [9.17, 15) is 15.2 Å². The Morgan fingerprint density at radius 3 is 2.51 bits per heavy atom. The van der Waals surface area contributed by atoms with Crippen LogP contribution in [0.3, 0.4) is 0 Å². The molecule has 2 saturated heterocycles. The molecule has 0 saturated carbocycles. The zero-order chi connectivity index (χ0) is 29.6. The smallest absolute Gasteiger partial charge is 0.251 e. The molecule has 2 fully saturated rings. The van der Waals surface area contributed by atoms with Crippen molar-refractivity contribution in [2.24, 2.45) is 0 Å². The number of aromatic nitrogens is 3. The Balaban J connectivity index is 0.00000423. The minimum atomic E-state index is -1.01. The summed E-state index contributed by atoms with van der Waals surface area (Å²) in [7, 11) is 3.73. The molecule has 2 aromatic heterocycles. The van der Waals surface area contributed by atoms with Gasteiger partial charge in [0, 0.05) is 63.9 Å². The number of hydrogen-bond donors (Lipinski definition) is 2. The second-order valence-electron chi connectivity index (χ2n) is 10.5. The molecule has 5 rings (SSSR count). The van der Waals surface area contributed by atoms with Gasteiger partial charge in [0.25, 0.3) is 5.91 Å². The van der Waals surface area contributed by atoms with Crippen molar-refractivity contribution in [1.82, 2.24) is 24.8 Å². The van der Waals surface area contributed by atoms with Gasteiger partial charge in [-0.2, -0.15) is 10.2 Å². The molecular weight excluding hydrogens is 572 g/mol. The summed E-state index contributed by atoms with van der Waals surface area (Å²) < 4.78 is 11.7. The number of methoxy groups -OCH3 is 1. The summed E-state index contributed by atoms with van der Waals surface area (Å²) in [4.78, 5) is 31.9. The van der Waals surface area contributed by atoms with Crippen LogP contribution >= 0.6 is 12.4 Å². The first-order valence-corrected chi connectivity index (χ1v) is 14.1. The number of nitriles is 1. The number of piperidine rings is 1. The highest BCUT2D eigenvalue weighted by Gasteiger charge is 2.26. The van der Waals surface area contributed by atoms with E-state index in [4.69, 9.17) is 9.47 Å². The molecule has 1 aromatic carbocycles. The number of carbonyl (C=O) groups is 1. The number of aliphatic hydroxyl groups excluding tert-OH is 1. The molecule has 0 radical (unpaired) electrons. The first-order valence-electron chi connectivity index (χ1n) is 14.1. The number of ether oxygens (including phenoxy) is 2. The summed E-state index contributed by atoms with van der Waals surface area (Å²) >= 11 is 0. The van der Waals surface area contributed by atoms with Crippen molar-refractivity contribution in [3.63, 3.8) is 0 Å². The summed E-state index contributed by atoms with van der Waals surface area (Å²) in [5.74, 6) is 1.68. The predicted octanol–water partition coefficient (Wildman–Crippen LogP) is 3.09. The third-order valence-electron chi connectivity index (χ3n) is 7.57. The first kappa shape index (κ1) is 31.7. The molecule has 43 heavy (non-hydrogen) atoms. The molecule has 2 aliphatic rings. The number of nitrogens with zero attached hydrogens (tertiary/aromatic N) is 7. The minimum absolute atomic E-state index is 0. The van der Waals surface area contributed by atoms with Crippen LogP contribution in [-0.4, -0.2) is 101 Å². The van der Waals surface area contributed by atoms with E-state index in [1.807, 2.05) is 18.2 Å². The number of anilines is 3. The molecule has 1 amide bonds. The van der Waals surface area contributed by atoms with E-state index in [0.717, 1.165) is 37.4 Å². The maximum Gasteiger partial charge on any atom is 0.251 e. The number of aliphatic hydroxyl groups is 1. The maximum atomic E-state index is 12.0. The highest BCUT2D eigenvalue weighted by Crippen LogP contribution is 2.31. The Labute approximate surface area is 257 Å². The number of amides is 1. The van der Waals surface area contributed by atoms with Crippen LogP contribution < -0.4 is 19.7 Å². The minimum Gasteiger partial charge on any atom is -0.489 e. The normalized spacial score (nSPS) is 16.5. The number of nitrogens with one attached hydrogen (secondary N) is 1. The number of rotatable bonds is 8. The van der Waals surface area contributed by atoms with Crippen LogP contribution in [0.4, 0.5) is 17.5 Å². The highest BCUT2D eigenvalue weighted by molar-refractivity contribution is 5.85. The first-order chi connectivity index (χ1) is 20.3. The monoisotopic (exact) mass is 608 g/mol. The largest absolute Gasteiger partial charge is 0.489 e. The highest BCUT2D eigenvalue weighted by atomic mass is 35.5. The summed E-state index contributed by atoms with van der Waals surface area (Å²) in [6.07, 6.45) is 1.77. The molecular formula is C30H37ClN8O4. The average molecular weight is 609 g/mol. The van der Waals surface area contributed by atoms with Gasteiger partial charge >= 0.3 is 0 Å². The summed E-state index contributed by atoms with van der Waals surface area (Å²) in [6.45, 7) is 6.27. The van der Waals surface area contributed by atoms with Gasteiger partial charge in [0.2, 0.25) is 11.8 Å². The van der Waals surface area contributed by atoms with Gasteiger partial charge in [0.15, 0.2) is 0 Å². The van der Waals surface area contributed by atoms with Gasteiger partial charge in [-0.3, -0.25) is 4.79 Å². The van der Waals surface area contributed by atoms with E-state index < -0.39 is 6.10 Å². The van der Waals surface area contributed by atoms with E-state index in [2.05, 4.69) is 43.2 Å². The topological polar surface area (TPSA) is 140 Å². The molecule has 2 N–H and O–H groups in total. The van der Waals surface area contributed by atoms with Crippen LogP contribution in [0.1, 0.15) is 25.3 Å². The summed E-state index contributed by atoms with van der Waals surface area (Å²) in [5, 5.41) is 22.6. The molecule has 3 aromatic rings. The zero-order valence-corrected chi connectivity index (χ0v) is 25.4. The maximum absolute atomic E-state index is 12.0. The van der Waals surface area contributed by atoms with Gasteiger partial charge in [0.1, 0.15) is 35.5 Å². The van der Waals surface area contributed by atoms with Crippen molar-refractivity contribution in [2.45, 2.75) is 32.0 Å². The van der Waals surface area contributed by atoms with Crippen molar-refractivity contribution in [2.75, 3.05) is 63.6 Å². The molecule has 4 heterocycles. The Kier molecular flexibility index (Phi) is 10.6. The Hall–Kier alpha value is -4.18. The Bertz CT molecular complexity index is 1450. The molecule has 228 valence electrons. The molecule has 0 aliphatic carbocycles. The fourth-order valence-electron chi connectivity index (χ4n) is 5.15. The molecule has 0 bridgehead atoms. The van der Waals surface area contributed by atoms with E-state index in [0.29, 0.717) is 60.6 Å². The van der Waals surface area contributed by atoms with Crippen molar-refractivity contribution < 1.29 is 19.4 Å². The molecule has 1 unspecified atom stereocenters. The number of benzene rings is 1. The van der Waals surface area contributed by atoms with Gasteiger partial charge < -0.3 is 34.6 Å². The number of pyridine rings is 1. The van der Waals surface area contributed by atoms with Gasteiger partial charge in [0.05, 0.1) is 18.4 Å². The number of hydrogen-bond acceptors (Lipinski definition) is 11. The second-order valence-corrected chi connectivity index (χ2v) is 10.5. The summed E-state index contributed by atoms with van der Waals surface area (Å²) in [5.41, 5.74) is 2.74. The van der Waals surface area contributed by atoms with Crippen LogP contribution in [-0.2, 0) is 4.79 Å². The lowest BCUT2D eigenvalue weighted by Gasteiger charge is -2.34. The lowest BCUT2D eigenvalue weighted by molar-refractivity contribution is -0.141.